The van der Waals surface area contributed by atoms with Gasteiger partial charge in [-0.15, -0.1) is 0 Å². The van der Waals surface area contributed by atoms with Crippen LogP contribution in [0.5, 0.6) is 17.2 Å². The number of fused-ring (bicyclic) bond motifs is 1. The topological polar surface area (TPSA) is 51.2 Å². The zero-order valence-electron chi connectivity index (χ0n) is 16.1. The Morgan fingerprint density at radius 1 is 0.964 bits per heavy atom. The Bertz CT molecular complexity index is 904. The lowest BCUT2D eigenvalue weighted by atomic mass is 10.1. The van der Waals surface area contributed by atoms with Crippen molar-refractivity contribution >= 4 is 23.2 Å². The number of carbonyl (C=O) groups excluding carboxylic acids is 1. The summed E-state index contributed by atoms with van der Waals surface area (Å²) in [4.78, 5) is 17.4. The van der Waals surface area contributed by atoms with E-state index in [0.717, 1.165) is 24.9 Å². The largest absolute Gasteiger partial charge is 0.495 e. The number of benzene rings is 2. The van der Waals surface area contributed by atoms with Crippen molar-refractivity contribution in [3.63, 3.8) is 0 Å². The highest BCUT2D eigenvalue weighted by atomic mass is 35.5. The lowest BCUT2D eigenvalue weighted by Crippen LogP contribution is -2.32. The minimum Gasteiger partial charge on any atom is -0.495 e. The third kappa shape index (κ3) is 2.97. The van der Waals surface area contributed by atoms with Crippen molar-refractivity contribution in [1.82, 2.24) is 4.90 Å². The van der Waals surface area contributed by atoms with Crippen LogP contribution in [-0.4, -0.2) is 44.7 Å². The number of carbonyl (C=O) groups is 1. The lowest BCUT2D eigenvalue weighted by Gasteiger charge is -2.31. The van der Waals surface area contributed by atoms with E-state index < -0.39 is 0 Å². The fraction of sp³-hybridized carbons (Fsp3) is 0.381. The molecule has 2 fully saturated rings. The van der Waals surface area contributed by atoms with Gasteiger partial charge in [0.15, 0.2) is 11.5 Å². The number of nitrogens with zero attached hydrogens (tertiary/aromatic N) is 2. The summed E-state index contributed by atoms with van der Waals surface area (Å²) in [5, 5.41) is 0.557. The normalized spacial score (nSPS) is 21.7. The van der Waals surface area contributed by atoms with Crippen LogP contribution in [0.15, 0.2) is 36.4 Å². The van der Waals surface area contributed by atoms with Gasteiger partial charge in [0, 0.05) is 11.6 Å². The molecule has 0 unspecified atom stereocenters. The van der Waals surface area contributed by atoms with Gasteiger partial charge in [0.2, 0.25) is 5.91 Å². The van der Waals surface area contributed by atoms with Crippen molar-refractivity contribution in [2.45, 2.75) is 25.0 Å². The molecule has 2 aromatic rings. The van der Waals surface area contributed by atoms with E-state index in [-0.39, 0.29) is 18.1 Å². The van der Waals surface area contributed by atoms with Gasteiger partial charge in [-0.25, -0.2) is 0 Å². The molecule has 2 saturated heterocycles. The van der Waals surface area contributed by atoms with Crippen molar-refractivity contribution in [3.05, 3.63) is 47.0 Å². The number of hydrogen-bond acceptors (Lipinski definition) is 5. The van der Waals surface area contributed by atoms with Crippen LogP contribution < -0.4 is 19.1 Å². The van der Waals surface area contributed by atoms with Gasteiger partial charge >= 0.3 is 0 Å². The van der Waals surface area contributed by atoms with Crippen LogP contribution in [0.2, 0.25) is 5.02 Å². The van der Waals surface area contributed by atoms with E-state index in [1.54, 1.807) is 44.4 Å². The van der Waals surface area contributed by atoms with Gasteiger partial charge in [-0.3, -0.25) is 14.6 Å². The van der Waals surface area contributed by atoms with Gasteiger partial charge in [-0.1, -0.05) is 17.7 Å². The third-order valence-corrected chi connectivity index (χ3v) is 5.72. The molecule has 0 radical (unpaired) electrons. The molecule has 0 N–H and O–H groups in total. The fourth-order valence-corrected chi connectivity index (χ4v) is 4.40. The number of anilines is 1. The third-order valence-electron chi connectivity index (χ3n) is 5.48. The lowest BCUT2D eigenvalue weighted by molar-refractivity contribution is -0.119. The summed E-state index contributed by atoms with van der Waals surface area (Å²) < 4.78 is 16.4. The first-order valence-corrected chi connectivity index (χ1v) is 9.61. The van der Waals surface area contributed by atoms with Crippen molar-refractivity contribution in [2.24, 2.45) is 0 Å². The minimum atomic E-state index is -0.257. The standard InChI is InChI=1S/C21H23ClN2O4/c1-26-17-9-7-14(22)12-16(17)24-20(23-10-4-5-15(23)21(24)25)13-6-8-18(27-2)19(11-13)28-3/h6-9,11-12,15,20H,4-5,10H2,1-3H3/t15-,20+/m0/s1. The number of halogens is 1. The van der Waals surface area contributed by atoms with Crippen molar-refractivity contribution in [3.8, 4) is 17.2 Å². The first-order chi connectivity index (χ1) is 13.6. The Morgan fingerprint density at radius 3 is 2.39 bits per heavy atom. The van der Waals surface area contributed by atoms with E-state index in [2.05, 4.69) is 4.90 Å². The monoisotopic (exact) mass is 402 g/mol. The van der Waals surface area contributed by atoms with Crippen LogP contribution >= 0.6 is 11.6 Å². The van der Waals surface area contributed by atoms with Crippen LogP contribution in [0.4, 0.5) is 5.69 Å². The Hall–Kier alpha value is -2.44. The zero-order chi connectivity index (χ0) is 19.8. The maximum absolute atomic E-state index is 13.4. The van der Waals surface area contributed by atoms with Crippen LogP contribution in [0.1, 0.15) is 24.6 Å². The van der Waals surface area contributed by atoms with E-state index in [0.29, 0.717) is 28.0 Å². The minimum absolute atomic E-state index is 0.0675. The average molecular weight is 403 g/mol. The van der Waals surface area contributed by atoms with E-state index in [9.17, 15) is 4.79 Å². The van der Waals surface area contributed by atoms with E-state index in [1.165, 1.54) is 0 Å². The number of methoxy groups -OCH3 is 3. The number of rotatable bonds is 5. The summed E-state index contributed by atoms with van der Waals surface area (Å²) in [6.07, 6.45) is 1.59. The van der Waals surface area contributed by atoms with Gasteiger partial charge in [0.25, 0.3) is 0 Å². The second-order valence-corrected chi connectivity index (χ2v) is 7.34. The number of hydrogen-bond donors (Lipinski definition) is 0. The van der Waals surface area contributed by atoms with Gasteiger partial charge in [-0.05, 0) is 48.7 Å². The highest BCUT2D eigenvalue weighted by Gasteiger charge is 2.50. The van der Waals surface area contributed by atoms with Crippen LogP contribution in [0.25, 0.3) is 0 Å². The first kappa shape index (κ1) is 18.9. The molecule has 0 spiro atoms. The van der Waals surface area contributed by atoms with Gasteiger partial charge < -0.3 is 14.2 Å². The Kier molecular flexibility index (Phi) is 5.08. The van der Waals surface area contributed by atoms with E-state index in [1.807, 2.05) is 18.2 Å². The Labute approximate surface area is 169 Å². The maximum Gasteiger partial charge on any atom is 0.246 e. The summed E-state index contributed by atoms with van der Waals surface area (Å²) in [5.41, 5.74) is 1.63. The second kappa shape index (κ2) is 7.53. The SMILES string of the molecule is COc1ccc([C@H]2N(c3cc(Cl)ccc3OC)C(=O)[C@@H]3CCCN32)cc1OC. The summed E-state index contributed by atoms with van der Waals surface area (Å²) in [6.45, 7) is 0.856. The molecular formula is C21H23ClN2O4. The predicted molar refractivity (Wildman–Crippen MR) is 108 cm³/mol. The smallest absolute Gasteiger partial charge is 0.246 e. The Balaban J connectivity index is 1.85. The molecule has 2 aliphatic rings. The zero-order valence-corrected chi connectivity index (χ0v) is 16.9. The predicted octanol–water partition coefficient (Wildman–Crippen LogP) is 3.88. The molecule has 4 rings (SSSR count). The molecule has 0 bridgehead atoms. The highest BCUT2D eigenvalue weighted by Crippen LogP contribution is 2.46. The summed E-state index contributed by atoms with van der Waals surface area (Å²) in [7, 11) is 4.81. The molecule has 28 heavy (non-hydrogen) atoms. The summed E-state index contributed by atoms with van der Waals surface area (Å²) in [6, 6.07) is 11.0. The van der Waals surface area contributed by atoms with E-state index >= 15 is 0 Å². The summed E-state index contributed by atoms with van der Waals surface area (Å²) >= 11 is 6.26. The second-order valence-electron chi connectivity index (χ2n) is 6.91. The van der Waals surface area contributed by atoms with Crippen LogP contribution in [-0.2, 0) is 4.79 Å². The van der Waals surface area contributed by atoms with Crippen LogP contribution in [0.3, 0.4) is 0 Å². The number of amides is 1. The maximum atomic E-state index is 13.4. The van der Waals surface area contributed by atoms with Gasteiger partial charge in [-0.2, -0.15) is 0 Å². The van der Waals surface area contributed by atoms with Gasteiger partial charge in [0.1, 0.15) is 11.9 Å². The molecule has 0 aromatic heterocycles. The molecular weight excluding hydrogens is 380 g/mol. The number of ether oxygens (including phenoxy) is 3. The van der Waals surface area contributed by atoms with Crippen molar-refractivity contribution < 1.29 is 19.0 Å². The molecule has 0 aliphatic carbocycles. The quantitative estimate of drug-likeness (QED) is 0.759. The first-order valence-electron chi connectivity index (χ1n) is 9.23. The summed E-state index contributed by atoms with van der Waals surface area (Å²) in [5.74, 6) is 1.97. The van der Waals surface area contributed by atoms with Crippen LogP contribution in [0, 0.1) is 0 Å². The average Bonchev–Trinajstić information content (AvgIpc) is 3.29. The van der Waals surface area contributed by atoms with E-state index in [4.69, 9.17) is 25.8 Å². The molecule has 0 saturated carbocycles. The molecule has 6 nitrogen and oxygen atoms in total. The highest BCUT2D eigenvalue weighted by molar-refractivity contribution is 6.31. The molecule has 2 heterocycles. The molecule has 2 atom stereocenters. The van der Waals surface area contributed by atoms with Gasteiger partial charge in [0.05, 0.1) is 33.1 Å². The molecule has 2 aromatic carbocycles. The molecule has 1 amide bonds. The Morgan fingerprint density at radius 2 is 1.68 bits per heavy atom. The van der Waals surface area contributed by atoms with Crippen molar-refractivity contribution in [1.29, 1.82) is 0 Å². The molecule has 2 aliphatic heterocycles. The van der Waals surface area contributed by atoms with Crippen molar-refractivity contribution in [2.75, 3.05) is 32.8 Å². The fourth-order valence-electron chi connectivity index (χ4n) is 4.23. The molecule has 148 valence electrons. The molecule has 7 heteroatoms.